The molecule has 1 saturated heterocycles. The number of hydrogen-bond donors (Lipinski definition) is 1. The molecule has 0 amide bonds. The fourth-order valence-electron chi connectivity index (χ4n) is 3.73. The zero-order valence-corrected chi connectivity index (χ0v) is 16.2. The molecule has 0 saturated carbocycles. The zero-order valence-electron chi connectivity index (χ0n) is 13.9. The molecule has 0 atom stereocenters. The maximum Gasteiger partial charge on any atom is 0.108 e. The van der Waals surface area contributed by atoms with Gasteiger partial charge in [-0.05, 0) is 60.7 Å². The molecule has 3 nitrogen and oxygen atoms in total. The monoisotopic (exact) mass is 418 g/mol. The molecule has 1 fully saturated rings. The summed E-state index contributed by atoms with van der Waals surface area (Å²) in [6.45, 7) is 2.22. The smallest absolute Gasteiger partial charge is 0.108 e. The SMILES string of the molecule is Clc1cccc(CN=C2Nc3ccc(Br)cc3CC23CCOCC3)c1. The normalized spacial score (nSPS) is 20.3. The van der Waals surface area contributed by atoms with Gasteiger partial charge in [0.15, 0.2) is 0 Å². The third-order valence-corrected chi connectivity index (χ3v) is 5.84. The molecular weight excluding hydrogens is 400 g/mol. The first-order valence-electron chi connectivity index (χ1n) is 8.57. The number of benzene rings is 2. The van der Waals surface area contributed by atoms with Crippen molar-refractivity contribution in [3.8, 4) is 0 Å². The van der Waals surface area contributed by atoms with E-state index >= 15 is 0 Å². The van der Waals surface area contributed by atoms with Crippen LogP contribution in [0.3, 0.4) is 0 Å². The van der Waals surface area contributed by atoms with Crippen LogP contribution in [0.5, 0.6) is 0 Å². The topological polar surface area (TPSA) is 33.6 Å². The number of nitrogens with zero attached hydrogens (tertiary/aromatic N) is 1. The highest BCUT2D eigenvalue weighted by atomic mass is 79.9. The molecular formula is C20H20BrClN2O. The first-order valence-corrected chi connectivity index (χ1v) is 9.74. The van der Waals surface area contributed by atoms with Gasteiger partial charge < -0.3 is 10.1 Å². The molecule has 2 aromatic carbocycles. The van der Waals surface area contributed by atoms with Gasteiger partial charge in [-0.2, -0.15) is 0 Å². The summed E-state index contributed by atoms with van der Waals surface area (Å²) in [5.41, 5.74) is 3.68. The van der Waals surface area contributed by atoms with Gasteiger partial charge in [0.25, 0.3) is 0 Å². The summed E-state index contributed by atoms with van der Waals surface area (Å²) in [6, 6.07) is 14.3. The van der Waals surface area contributed by atoms with Gasteiger partial charge in [-0.1, -0.05) is 39.7 Å². The molecule has 2 heterocycles. The van der Waals surface area contributed by atoms with E-state index in [2.05, 4.69) is 45.5 Å². The predicted molar refractivity (Wildman–Crippen MR) is 107 cm³/mol. The van der Waals surface area contributed by atoms with E-state index in [1.165, 1.54) is 5.56 Å². The van der Waals surface area contributed by atoms with E-state index in [-0.39, 0.29) is 5.41 Å². The Hall–Kier alpha value is -1.36. The minimum atomic E-state index is 0.0462. The van der Waals surface area contributed by atoms with E-state index in [0.29, 0.717) is 6.54 Å². The van der Waals surface area contributed by atoms with E-state index in [9.17, 15) is 0 Å². The Kier molecular flexibility index (Phi) is 4.85. The summed E-state index contributed by atoms with van der Waals surface area (Å²) < 4.78 is 6.75. The Morgan fingerprint density at radius 2 is 2.00 bits per heavy atom. The molecule has 130 valence electrons. The first-order chi connectivity index (χ1) is 12.1. The van der Waals surface area contributed by atoms with Crippen molar-refractivity contribution in [2.75, 3.05) is 18.5 Å². The molecule has 5 heteroatoms. The Morgan fingerprint density at radius 3 is 2.80 bits per heavy atom. The van der Waals surface area contributed by atoms with Crippen molar-refractivity contribution < 1.29 is 4.74 Å². The first kappa shape index (κ1) is 17.1. The maximum absolute atomic E-state index is 6.11. The molecule has 25 heavy (non-hydrogen) atoms. The number of nitrogens with one attached hydrogen (secondary N) is 1. The Morgan fingerprint density at radius 1 is 1.16 bits per heavy atom. The zero-order chi connectivity index (χ0) is 17.3. The Bertz CT molecular complexity index is 815. The second-order valence-corrected chi connectivity index (χ2v) is 8.14. The fourth-order valence-corrected chi connectivity index (χ4v) is 4.35. The molecule has 1 spiro atoms. The average Bonchev–Trinajstić information content (AvgIpc) is 2.61. The second kappa shape index (κ2) is 7.10. The standard InChI is InChI=1S/C20H20BrClN2O/c21-16-4-5-18-15(11-16)12-20(6-8-25-9-7-20)19(24-18)23-13-14-2-1-3-17(22)10-14/h1-5,10-11H,6-9,12-13H2,(H,23,24). The van der Waals surface area contributed by atoms with E-state index in [4.69, 9.17) is 21.3 Å². The van der Waals surface area contributed by atoms with Crippen LogP contribution < -0.4 is 5.32 Å². The summed E-state index contributed by atoms with van der Waals surface area (Å²) in [6.07, 6.45) is 3.01. The molecule has 0 radical (unpaired) electrons. The van der Waals surface area contributed by atoms with Crippen LogP contribution in [-0.2, 0) is 17.7 Å². The van der Waals surface area contributed by atoms with Crippen LogP contribution in [0.4, 0.5) is 5.69 Å². The quantitative estimate of drug-likeness (QED) is 0.700. The summed E-state index contributed by atoms with van der Waals surface area (Å²) in [5.74, 6) is 1.09. The van der Waals surface area contributed by atoms with Crippen LogP contribution in [0.1, 0.15) is 24.0 Å². The van der Waals surface area contributed by atoms with Crippen molar-refractivity contribution in [1.29, 1.82) is 0 Å². The lowest BCUT2D eigenvalue weighted by Crippen LogP contribution is -2.45. The molecule has 4 rings (SSSR count). The van der Waals surface area contributed by atoms with Gasteiger partial charge in [0.05, 0.1) is 6.54 Å². The van der Waals surface area contributed by atoms with E-state index in [1.807, 2.05) is 18.2 Å². The van der Waals surface area contributed by atoms with Crippen molar-refractivity contribution >= 4 is 39.1 Å². The molecule has 2 aromatic rings. The summed E-state index contributed by atoms with van der Waals surface area (Å²) in [7, 11) is 0. The van der Waals surface area contributed by atoms with Crippen molar-refractivity contribution in [3.63, 3.8) is 0 Å². The highest BCUT2D eigenvalue weighted by Crippen LogP contribution is 2.42. The number of anilines is 1. The highest BCUT2D eigenvalue weighted by molar-refractivity contribution is 9.10. The van der Waals surface area contributed by atoms with E-state index in [1.54, 1.807) is 0 Å². The second-order valence-electron chi connectivity index (χ2n) is 6.79. The van der Waals surface area contributed by atoms with Crippen LogP contribution in [0.25, 0.3) is 0 Å². The molecule has 0 bridgehead atoms. The van der Waals surface area contributed by atoms with Crippen LogP contribution >= 0.6 is 27.5 Å². The fraction of sp³-hybridized carbons (Fsp3) is 0.350. The number of rotatable bonds is 2. The summed E-state index contributed by atoms with van der Waals surface area (Å²) in [5, 5.41) is 4.37. The van der Waals surface area contributed by atoms with Gasteiger partial charge in [0, 0.05) is 33.8 Å². The van der Waals surface area contributed by atoms with Crippen LogP contribution in [-0.4, -0.2) is 19.0 Å². The van der Waals surface area contributed by atoms with Gasteiger partial charge in [-0.15, -0.1) is 0 Å². The summed E-state index contributed by atoms with van der Waals surface area (Å²) in [4.78, 5) is 4.97. The Labute approximate surface area is 161 Å². The summed E-state index contributed by atoms with van der Waals surface area (Å²) >= 11 is 9.70. The van der Waals surface area contributed by atoms with Crippen molar-refractivity contribution in [3.05, 3.63) is 63.1 Å². The molecule has 2 aliphatic rings. The lowest BCUT2D eigenvalue weighted by molar-refractivity contribution is 0.0448. The van der Waals surface area contributed by atoms with Gasteiger partial charge >= 0.3 is 0 Å². The van der Waals surface area contributed by atoms with Gasteiger partial charge in [-0.3, -0.25) is 4.99 Å². The van der Waals surface area contributed by atoms with Gasteiger partial charge in [0.1, 0.15) is 5.84 Å². The number of hydrogen-bond acceptors (Lipinski definition) is 2. The predicted octanol–water partition coefficient (Wildman–Crippen LogP) is 5.47. The van der Waals surface area contributed by atoms with Crippen LogP contribution in [0.2, 0.25) is 5.02 Å². The Balaban J connectivity index is 1.68. The van der Waals surface area contributed by atoms with Crippen molar-refractivity contribution in [2.45, 2.75) is 25.8 Å². The number of fused-ring (bicyclic) bond motifs is 1. The number of aliphatic imine (C=N–C) groups is 1. The average molecular weight is 420 g/mol. The highest BCUT2D eigenvalue weighted by Gasteiger charge is 2.41. The molecule has 1 N–H and O–H groups in total. The number of halogens is 2. The van der Waals surface area contributed by atoms with E-state index < -0.39 is 0 Å². The van der Waals surface area contributed by atoms with Gasteiger partial charge in [-0.25, -0.2) is 0 Å². The van der Waals surface area contributed by atoms with Crippen molar-refractivity contribution in [1.82, 2.24) is 0 Å². The van der Waals surface area contributed by atoms with Crippen LogP contribution in [0.15, 0.2) is 51.9 Å². The molecule has 0 aromatic heterocycles. The molecule has 2 aliphatic heterocycles. The van der Waals surface area contributed by atoms with Crippen LogP contribution in [0, 0.1) is 5.41 Å². The van der Waals surface area contributed by atoms with Crippen molar-refractivity contribution in [2.24, 2.45) is 10.4 Å². The lowest BCUT2D eigenvalue weighted by Gasteiger charge is -2.42. The lowest BCUT2D eigenvalue weighted by atomic mass is 9.71. The number of amidine groups is 1. The third kappa shape index (κ3) is 3.62. The minimum Gasteiger partial charge on any atom is -0.381 e. The molecule has 0 aliphatic carbocycles. The molecule has 0 unspecified atom stereocenters. The maximum atomic E-state index is 6.11. The van der Waals surface area contributed by atoms with Gasteiger partial charge in [0.2, 0.25) is 0 Å². The number of ether oxygens (including phenoxy) is 1. The largest absolute Gasteiger partial charge is 0.381 e. The third-order valence-electron chi connectivity index (χ3n) is 5.11. The van der Waals surface area contributed by atoms with E-state index in [0.717, 1.165) is 59.1 Å². The minimum absolute atomic E-state index is 0.0462.